The number of fused-ring (bicyclic) bond motifs is 1. The third-order valence-electron chi connectivity index (χ3n) is 5.97. The third kappa shape index (κ3) is 6.64. The van der Waals surface area contributed by atoms with Crippen LogP contribution in [0.3, 0.4) is 0 Å². The maximum Gasteiger partial charge on any atom is -0.0386 e. The maximum absolute atomic E-state index is 1.56. The molecule has 0 aromatic heterocycles. The van der Waals surface area contributed by atoms with Crippen LogP contribution in [0.1, 0.15) is 116 Å². The zero-order chi connectivity index (χ0) is 13.9. The smallest absolute Gasteiger partial charge is 0.0386 e. The SMILES string of the molecule is C1CCCCCC2CCCCCCCCC2CCCC1. The Morgan fingerprint density at radius 1 is 0.250 bits per heavy atom. The highest BCUT2D eigenvalue weighted by atomic mass is 14.3. The topological polar surface area (TPSA) is 0 Å². The standard InChI is InChI=1S/C20H38/c1-2-4-8-12-16-20-18-14-10-6-5-9-13-17-19(20)15-11-7-3-1/h19-20H,1-18H2. The molecular formula is C20H38. The van der Waals surface area contributed by atoms with Gasteiger partial charge in [-0.05, 0) is 11.8 Å². The van der Waals surface area contributed by atoms with E-state index in [1.807, 2.05) is 0 Å². The molecule has 0 nitrogen and oxygen atoms in total. The zero-order valence-electron chi connectivity index (χ0n) is 13.9. The van der Waals surface area contributed by atoms with Crippen LogP contribution in [0.5, 0.6) is 0 Å². The summed E-state index contributed by atoms with van der Waals surface area (Å²) >= 11 is 0. The quantitative estimate of drug-likeness (QED) is 0.437. The molecule has 0 spiro atoms. The monoisotopic (exact) mass is 278 g/mol. The van der Waals surface area contributed by atoms with E-state index in [1.54, 1.807) is 25.7 Å². The molecule has 2 unspecified atom stereocenters. The summed E-state index contributed by atoms with van der Waals surface area (Å²) in [6.45, 7) is 0. The Kier molecular flexibility index (Phi) is 8.75. The van der Waals surface area contributed by atoms with Crippen molar-refractivity contribution >= 4 is 0 Å². The fourth-order valence-electron chi connectivity index (χ4n) is 4.63. The van der Waals surface area contributed by atoms with Gasteiger partial charge in [-0.1, -0.05) is 116 Å². The fourth-order valence-corrected chi connectivity index (χ4v) is 4.63. The molecule has 0 aromatic carbocycles. The predicted octanol–water partition coefficient (Wildman–Crippen LogP) is 7.27. The second-order valence-electron chi connectivity index (χ2n) is 7.62. The van der Waals surface area contributed by atoms with Gasteiger partial charge in [0.15, 0.2) is 0 Å². The van der Waals surface area contributed by atoms with Crippen LogP contribution in [0.4, 0.5) is 0 Å². The van der Waals surface area contributed by atoms with Crippen molar-refractivity contribution in [1.82, 2.24) is 0 Å². The number of rotatable bonds is 0. The molecule has 2 fully saturated rings. The molecular weight excluding hydrogens is 240 g/mol. The van der Waals surface area contributed by atoms with Gasteiger partial charge in [-0.2, -0.15) is 0 Å². The average molecular weight is 279 g/mol. The van der Waals surface area contributed by atoms with Crippen LogP contribution in [0.25, 0.3) is 0 Å². The zero-order valence-corrected chi connectivity index (χ0v) is 13.9. The van der Waals surface area contributed by atoms with Crippen molar-refractivity contribution in [2.75, 3.05) is 0 Å². The van der Waals surface area contributed by atoms with E-state index in [0.717, 1.165) is 11.8 Å². The first kappa shape index (κ1) is 16.4. The molecule has 2 saturated carbocycles. The molecule has 2 aliphatic carbocycles. The lowest BCUT2D eigenvalue weighted by atomic mass is 9.77. The van der Waals surface area contributed by atoms with Gasteiger partial charge in [-0.25, -0.2) is 0 Å². The summed E-state index contributed by atoms with van der Waals surface area (Å²) in [7, 11) is 0. The lowest BCUT2D eigenvalue weighted by Crippen LogP contribution is -2.16. The molecule has 0 saturated heterocycles. The summed E-state index contributed by atoms with van der Waals surface area (Å²) in [5.74, 6) is 2.18. The first-order valence-electron chi connectivity index (χ1n) is 9.97. The number of hydrogen-bond donors (Lipinski definition) is 0. The lowest BCUT2D eigenvalue weighted by molar-refractivity contribution is 0.230. The normalized spacial score (nSPS) is 32.4. The van der Waals surface area contributed by atoms with E-state index in [0.29, 0.717) is 0 Å². The maximum atomic E-state index is 1.56. The second-order valence-corrected chi connectivity index (χ2v) is 7.62. The number of hydrogen-bond acceptors (Lipinski definition) is 0. The van der Waals surface area contributed by atoms with Crippen LogP contribution in [0, 0.1) is 11.8 Å². The van der Waals surface area contributed by atoms with Gasteiger partial charge in [0.05, 0.1) is 0 Å². The highest BCUT2D eigenvalue weighted by Gasteiger charge is 2.21. The Hall–Kier alpha value is 0. The Balaban J connectivity index is 1.87. The molecule has 2 atom stereocenters. The molecule has 0 aliphatic heterocycles. The summed E-state index contributed by atoms with van der Waals surface area (Å²) in [4.78, 5) is 0. The molecule has 20 heavy (non-hydrogen) atoms. The Morgan fingerprint density at radius 3 is 0.700 bits per heavy atom. The van der Waals surface area contributed by atoms with E-state index in [2.05, 4.69) is 0 Å². The minimum absolute atomic E-state index is 1.09. The molecule has 2 rings (SSSR count). The minimum Gasteiger partial charge on any atom is -0.0533 e. The molecule has 118 valence electrons. The lowest BCUT2D eigenvalue weighted by Gasteiger charge is -2.29. The largest absolute Gasteiger partial charge is 0.0533 e. The highest BCUT2D eigenvalue weighted by molar-refractivity contribution is 4.73. The first-order valence-corrected chi connectivity index (χ1v) is 9.97. The summed E-state index contributed by atoms with van der Waals surface area (Å²) in [5.41, 5.74) is 0. The van der Waals surface area contributed by atoms with Crippen LogP contribution >= 0.6 is 0 Å². The molecule has 0 N–H and O–H groups in total. The van der Waals surface area contributed by atoms with E-state index in [-0.39, 0.29) is 0 Å². The Morgan fingerprint density at radius 2 is 0.450 bits per heavy atom. The molecule has 0 amide bonds. The molecule has 0 radical (unpaired) electrons. The molecule has 0 heteroatoms. The van der Waals surface area contributed by atoms with Gasteiger partial charge in [0.2, 0.25) is 0 Å². The van der Waals surface area contributed by atoms with Crippen LogP contribution in [-0.2, 0) is 0 Å². The fraction of sp³-hybridized carbons (Fsp3) is 1.00. The van der Waals surface area contributed by atoms with Gasteiger partial charge in [-0.3, -0.25) is 0 Å². The second kappa shape index (κ2) is 10.7. The van der Waals surface area contributed by atoms with Crippen molar-refractivity contribution in [2.24, 2.45) is 11.8 Å². The van der Waals surface area contributed by atoms with Gasteiger partial charge in [0, 0.05) is 0 Å². The van der Waals surface area contributed by atoms with Gasteiger partial charge in [-0.15, -0.1) is 0 Å². The highest BCUT2D eigenvalue weighted by Crippen LogP contribution is 2.34. The van der Waals surface area contributed by atoms with Crippen molar-refractivity contribution in [3.63, 3.8) is 0 Å². The van der Waals surface area contributed by atoms with Crippen molar-refractivity contribution in [2.45, 2.75) is 116 Å². The van der Waals surface area contributed by atoms with Gasteiger partial charge in [0.1, 0.15) is 0 Å². The summed E-state index contributed by atoms with van der Waals surface area (Å²) in [5, 5.41) is 0. The van der Waals surface area contributed by atoms with Gasteiger partial charge in [0.25, 0.3) is 0 Å². The van der Waals surface area contributed by atoms with Crippen LogP contribution < -0.4 is 0 Å². The van der Waals surface area contributed by atoms with Crippen molar-refractivity contribution < 1.29 is 0 Å². The van der Waals surface area contributed by atoms with E-state index in [4.69, 9.17) is 0 Å². The van der Waals surface area contributed by atoms with E-state index >= 15 is 0 Å². The third-order valence-corrected chi connectivity index (χ3v) is 5.97. The van der Waals surface area contributed by atoms with Crippen LogP contribution in [0.15, 0.2) is 0 Å². The summed E-state index contributed by atoms with van der Waals surface area (Å²) in [6.07, 6.45) is 27.5. The minimum atomic E-state index is 1.09. The molecule has 0 heterocycles. The Bertz CT molecular complexity index is 196. The Labute approximate surface area is 128 Å². The average Bonchev–Trinajstić information content (AvgIpc) is 2.46. The first-order chi connectivity index (χ1) is 9.97. The summed E-state index contributed by atoms with van der Waals surface area (Å²) < 4.78 is 0. The van der Waals surface area contributed by atoms with E-state index in [1.165, 1.54) is 89.9 Å². The van der Waals surface area contributed by atoms with Gasteiger partial charge < -0.3 is 0 Å². The van der Waals surface area contributed by atoms with E-state index < -0.39 is 0 Å². The molecule has 0 bridgehead atoms. The molecule has 0 aromatic rings. The van der Waals surface area contributed by atoms with E-state index in [9.17, 15) is 0 Å². The van der Waals surface area contributed by atoms with Crippen molar-refractivity contribution in [3.8, 4) is 0 Å². The van der Waals surface area contributed by atoms with Crippen molar-refractivity contribution in [1.29, 1.82) is 0 Å². The molecule has 2 aliphatic rings. The van der Waals surface area contributed by atoms with Crippen LogP contribution in [-0.4, -0.2) is 0 Å². The summed E-state index contributed by atoms with van der Waals surface area (Å²) in [6, 6.07) is 0. The van der Waals surface area contributed by atoms with Gasteiger partial charge >= 0.3 is 0 Å². The van der Waals surface area contributed by atoms with Crippen molar-refractivity contribution in [3.05, 3.63) is 0 Å². The predicted molar refractivity (Wildman–Crippen MR) is 90.1 cm³/mol. The van der Waals surface area contributed by atoms with Crippen LogP contribution in [0.2, 0.25) is 0 Å².